The van der Waals surface area contributed by atoms with E-state index >= 15 is 0 Å². The number of hydrogen-bond acceptors (Lipinski definition) is 5. The third-order valence-corrected chi connectivity index (χ3v) is 5.40. The number of aliphatic imine (C=N–C) groups is 1. The number of ether oxygens (including phenoxy) is 2. The van der Waals surface area contributed by atoms with Crippen LogP contribution in [0.2, 0.25) is 0 Å². The van der Waals surface area contributed by atoms with Crippen molar-refractivity contribution in [2.24, 2.45) is 4.99 Å². The van der Waals surface area contributed by atoms with Crippen LogP contribution in [0.25, 0.3) is 10.6 Å². The van der Waals surface area contributed by atoms with Crippen LogP contribution in [-0.4, -0.2) is 18.0 Å². The minimum atomic E-state index is 0.263. The largest absolute Gasteiger partial charge is 0.454 e. The zero-order valence-corrected chi connectivity index (χ0v) is 14.6. The van der Waals surface area contributed by atoms with Gasteiger partial charge < -0.3 is 9.47 Å². The van der Waals surface area contributed by atoms with Gasteiger partial charge in [0.25, 0.3) is 0 Å². The summed E-state index contributed by atoms with van der Waals surface area (Å²) in [6, 6.07) is 20.2. The first-order chi connectivity index (χ1) is 12.9. The summed E-state index contributed by atoms with van der Waals surface area (Å²) in [7, 11) is 0. The fourth-order valence-electron chi connectivity index (χ4n) is 2.96. The van der Waals surface area contributed by atoms with Gasteiger partial charge in [0.15, 0.2) is 11.5 Å². The first-order valence-electron chi connectivity index (χ1n) is 8.25. The van der Waals surface area contributed by atoms with E-state index in [-0.39, 0.29) is 6.79 Å². The molecule has 0 bridgehead atoms. The molecule has 4 nitrogen and oxygen atoms in total. The third kappa shape index (κ3) is 2.66. The number of pyridine rings is 1. The Morgan fingerprint density at radius 3 is 2.65 bits per heavy atom. The summed E-state index contributed by atoms with van der Waals surface area (Å²) >= 11 is 1.63. The van der Waals surface area contributed by atoms with Crippen LogP contribution in [0.1, 0.15) is 16.7 Å². The molecule has 1 aromatic heterocycles. The summed E-state index contributed by atoms with van der Waals surface area (Å²) in [5, 5.41) is 0.940. The van der Waals surface area contributed by atoms with E-state index in [0.717, 1.165) is 43.8 Å². The summed E-state index contributed by atoms with van der Waals surface area (Å²) in [5.74, 6) is 1.54. The molecule has 3 heterocycles. The van der Waals surface area contributed by atoms with Crippen molar-refractivity contribution in [2.45, 2.75) is 5.03 Å². The van der Waals surface area contributed by atoms with Gasteiger partial charge in [-0.05, 0) is 35.9 Å². The van der Waals surface area contributed by atoms with E-state index in [1.165, 1.54) is 0 Å². The third-order valence-electron chi connectivity index (χ3n) is 4.23. The van der Waals surface area contributed by atoms with Gasteiger partial charge in [0, 0.05) is 28.4 Å². The average molecular weight is 358 g/mol. The second kappa shape index (κ2) is 6.35. The van der Waals surface area contributed by atoms with Gasteiger partial charge in [0.05, 0.1) is 5.70 Å². The normalized spacial score (nSPS) is 14.9. The van der Waals surface area contributed by atoms with E-state index in [4.69, 9.17) is 14.5 Å². The number of aromatic nitrogens is 1. The summed E-state index contributed by atoms with van der Waals surface area (Å²) in [5.41, 5.74) is 4.04. The summed E-state index contributed by atoms with van der Waals surface area (Å²) in [6.45, 7) is 0.263. The Morgan fingerprint density at radius 2 is 1.73 bits per heavy atom. The van der Waals surface area contributed by atoms with Crippen molar-refractivity contribution in [2.75, 3.05) is 6.79 Å². The summed E-state index contributed by atoms with van der Waals surface area (Å²) in [4.78, 5) is 10.4. The highest BCUT2D eigenvalue weighted by molar-refractivity contribution is 8.08. The minimum Gasteiger partial charge on any atom is -0.454 e. The van der Waals surface area contributed by atoms with Crippen LogP contribution < -0.4 is 9.47 Å². The van der Waals surface area contributed by atoms with E-state index in [9.17, 15) is 0 Å². The van der Waals surface area contributed by atoms with Gasteiger partial charge in [-0.15, -0.1) is 0 Å². The molecule has 0 saturated carbocycles. The number of fused-ring (bicyclic) bond motifs is 2. The first-order valence-corrected chi connectivity index (χ1v) is 9.07. The predicted molar refractivity (Wildman–Crippen MR) is 104 cm³/mol. The second-order valence-electron chi connectivity index (χ2n) is 5.87. The van der Waals surface area contributed by atoms with E-state index in [0.29, 0.717) is 0 Å². The molecule has 0 radical (unpaired) electrons. The Hall–Kier alpha value is -3.05. The van der Waals surface area contributed by atoms with Crippen molar-refractivity contribution < 1.29 is 9.47 Å². The molecule has 2 aliphatic rings. The monoisotopic (exact) mass is 358 g/mol. The smallest absolute Gasteiger partial charge is 0.231 e. The highest BCUT2D eigenvalue weighted by Crippen LogP contribution is 2.45. The maximum atomic E-state index is 5.56. The molecule has 5 rings (SSSR count). The molecule has 26 heavy (non-hydrogen) atoms. The predicted octanol–water partition coefficient (Wildman–Crippen LogP) is 4.86. The zero-order chi connectivity index (χ0) is 17.3. The summed E-state index contributed by atoms with van der Waals surface area (Å²) in [6.07, 6.45) is 3.70. The Bertz CT molecular complexity index is 1040. The molecule has 0 N–H and O–H groups in total. The number of nitrogens with zero attached hydrogens (tertiary/aromatic N) is 2. The molecule has 0 aliphatic carbocycles. The number of hydrogen-bond donors (Lipinski definition) is 0. The molecule has 126 valence electrons. The van der Waals surface area contributed by atoms with Crippen molar-refractivity contribution >= 4 is 28.6 Å². The number of thioether (sulfide) groups is 1. The molecule has 0 saturated heterocycles. The maximum Gasteiger partial charge on any atom is 0.231 e. The molecule has 2 aliphatic heterocycles. The Kier molecular flexibility index (Phi) is 3.72. The van der Waals surface area contributed by atoms with Crippen molar-refractivity contribution in [3.05, 3.63) is 83.6 Å². The van der Waals surface area contributed by atoms with Crippen LogP contribution >= 0.6 is 11.8 Å². The highest BCUT2D eigenvalue weighted by atomic mass is 32.2. The zero-order valence-electron chi connectivity index (χ0n) is 13.8. The molecule has 0 unspecified atom stereocenters. The molecule has 5 heteroatoms. The molecule has 0 atom stereocenters. The van der Waals surface area contributed by atoms with Gasteiger partial charge >= 0.3 is 0 Å². The minimum absolute atomic E-state index is 0.263. The molecular weight excluding hydrogens is 344 g/mol. The van der Waals surface area contributed by atoms with Gasteiger partial charge in [-0.1, -0.05) is 42.1 Å². The van der Waals surface area contributed by atoms with Crippen LogP contribution in [0.15, 0.2) is 76.9 Å². The number of benzene rings is 2. The van der Waals surface area contributed by atoms with Crippen LogP contribution in [0.5, 0.6) is 11.5 Å². The highest BCUT2D eigenvalue weighted by Gasteiger charge is 2.21. The molecule has 3 aromatic rings. The fourth-order valence-corrected chi connectivity index (χ4v) is 4.02. The van der Waals surface area contributed by atoms with Crippen LogP contribution in [0.3, 0.4) is 0 Å². The topological polar surface area (TPSA) is 43.7 Å². The maximum absolute atomic E-state index is 5.56. The first kappa shape index (κ1) is 15.2. The van der Waals surface area contributed by atoms with Gasteiger partial charge in [-0.2, -0.15) is 0 Å². The lowest BCUT2D eigenvalue weighted by Crippen LogP contribution is -1.93. The van der Waals surface area contributed by atoms with Crippen LogP contribution in [0.4, 0.5) is 0 Å². The SMILES string of the molecule is C1=NC(c2ccccc2)=C(c2ccc3c(c2)OCO3)Sc2ncccc21. The average Bonchev–Trinajstić information content (AvgIpc) is 3.08. The fraction of sp³-hybridized carbons (Fsp3) is 0.0476. The van der Waals surface area contributed by atoms with Gasteiger partial charge in [0.1, 0.15) is 5.03 Å². The van der Waals surface area contributed by atoms with E-state index in [1.54, 1.807) is 11.8 Å². The lowest BCUT2D eigenvalue weighted by molar-refractivity contribution is 0.174. The van der Waals surface area contributed by atoms with Crippen molar-refractivity contribution in [1.82, 2.24) is 4.98 Å². The van der Waals surface area contributed by atoms with Gasteiger partial charge in [-0.3, -0.25) is 4.99 Å². The van der Waals surface area contributed by atoms with E-state index in [1.807, 2.05) is 60.9 Å². The molecule has 2 aromatic carbocycles. The van der Waals surface area contributed by atoms with Crippen molar-refractivity contribution in [3.8, 4) is 11.5 Å². The quantitative estimate of drug-likeness (QED) is 0.656. The lowest BCUT2D eigenvalue weighted by Gasteiger charge is -2.11. The van der Waals surface area contributed by atoms with Crippen LogP contribution in [-0.2, 0) is 0 Å². The standard InChI is InChI=1S/C21H14N2O2S/c1-2-5-14(6-3-1)19-20(15-8-9-17-18(11-15)25-13-24-17)26-21-16(12-23-19)7-4-10-22-21/h1-12H,13H2. The second-order valence-corrected chi connectivity index (χ2v) is 6.87. The van der Waals surface area contributed by atoms with E-state index < -0.39 is 0 Å². The Labute approximate surface area is 155 Å². The number of rotatable bonds is 2. The Morgan fingerprint density at radius 1 is 0.846 bits per heavy atom. The molecule has 0 spiro atoms. The van der Waals surface area contributed by atoms with E-state index in [2.05, 4.69) is 17.1 Å². The van der Waals surface area contributed by atoms with Gasteiger partial charge in [0.2, 0.25) is 6.79 Å². The molecule has 0 amide bonds. The molecular formula is C21H14N2O2S. The Balaban J connectivity index is 1.71. The van der Waals surface area contributed by atoms with Gasteiger partial charge in [-0.25, -0.2) is 4.98 Å². The molecule has 0 fully saturated rings. The van der Waals surface area contributed by atoms with Crippen molar-refractivity contribution in [1.29, 1.82) is 0 Å². The summed E-state index contributed by atoms with van der Waals surface area (Å²) < 4.78 is 11.0. The van der Waals surface area contributed by atoms with Crippen molar-refractivity contribution in [3.63, 3.8) is 0 Å². The lowest BCUT2D eigenvalue weighted by atomic mass is 10.1. The van der Waals surface area contributed by atoms with Crippen LogP contribution in [0, 0.1) is 0 Å².